The SMILES string of the molecule is Cc1sc2ncnc(SCC(=O)Nc3ccc(N4CC(C)OC(C)C4)nc3)c2c1C. The van der Waals surface area contributed by atoms with Gasteiger partial charge in [0.25, 0.3) is 0 Å². The van der Waals surface area contributed by atoms with Crippen molar-refractivity contribution in [2.45, 2.75) is 44.9 Å². The number of rotatable bonds is 5. The van der Waals surface area contributed by atoms with Crippen LogP contribution in [0.5, 0.6) is 0 Å². The summed E-state index contributed by atoms with van der Waals surface area (Å²) in [4.78, 5) is 30.1. The van der Waals surface area contributed by atoms with Crippen molar-refractivity contribution in [2.24, 2.45) is 0 Å². The third-order valence-corrected chi connectivity index (χ3v) is 7.15. The molecule has 9 heteroatoms. The first-order valence-electron chi connectivity index (χ1n) is 9.90. The predicted molar refractivity (Wildman–Crippen MR) is 123 cm³/mol. The molecule has 0 bridgehead atoms. The van der Waals surface area contributed by atoms with Crippen LogP contribution in [0, 0.1) is 13.8 Å². The quantitative estimate of drug-likeness (QED) is 0.471. The Kier molecular flexibility index (Phi) is 6.21. The summed E-state index contributed by atoms with van der Waals surface area (Å²) in [6, 6.07) is 3.84. The second-order valence-electron chi connectivity index (χ2n) is 7.55. The first-order valence-corrected chi connectivity index (χ1v) is 11.7. The van der Waals surface area contributed by atoms with E-state index in [9.17, 15) is 4.79 Å². The maximum absolute atomic E-state index is 12.5. The molecular weight excluding hydrogens is 418 g/mol. The Bertz CT molecular complexity index is 1040. The molecule has 1 amide bonds. The van der Waals surface area contributed by atoms with Crippen molar-refractivity contribution in [1.82, 2.24) is 15.0 Å². The monoisotopic (exact) mass is 443 g/mol. The number of hydrogen-bond acceptors (Lipinski definition) is 8. The number of carbonyl (C=O) groups is 1. The average molecular weight is 444 g/mol. The lowest BCUT2D eigenvalue weighted by atomic mass is 10.2. The minimum absolute atomic E-state index is 0.0838. The number of morpholine rings is 1. The lowest BCUT2D eigenvalue weighted by molar-refractivity contribution is -0.113. The van der Waals surface area contributed by atoms with Crippen LogP contribution < -0.4 is 10.2 Å². The van der Waals surface area contributed by atoms with Gasteiger partial charge in [0.1, 0.15) is 22.0 Å². The van der Waals surface area contributed by atoms with Gasteiger partial charge in [-0.2, -0.15) is 0 Å². The van der Waals surface area contributed by atoms with Crippen molar-refractivity contribution in [3.63, 3.8) is 0 Å². The number of carbonyl (C=O) groups excluding carboxylic acids is 1. The number of hydrogen-bond donors (Lipinski definition) is 1. The molecule has 0 saturated carbocycles. The van der Waals surface area contributed by atoms with Gasteiger partial charge < -0.3 is 15.0 Å². The Hall–Kier alpha value is -2.23. The van der Waals surface area contributed by atoms with Crippen molar-refractivity contribution in [3.8, 4) is 0 Å². The number of amides is 1. The van der Waals surface area contributed by atoms with E-state index in [1.807, 2.05) is 12.1 Å². The van der Waals surface area contributed by atoms with E-state index in [1.54, 1.807) is 23.9 Å². The highest BCUT2D eigenvalue weighted by atomic mass is 32.2. The number of anilines is 2. The summed E-state index contributed by atoms with van der Waals surface area (Å²) in [6.45, 7) is 9.92. The van der Waals surface area contributed by atoms with Crippen LogP contribution in [0.25, 0.3) is 10.2 Å². The van der Waals surface area contributed by atoms with E-state index in [0.29, 0.717) is 5.69 Å². The molecule has 4 heterocycles. The summed E-state index contributed by atoms with van der Waals surface area (Å²) >= 11 is 3.09. The van der Waals surface area contributed by atoms with Gasteiger partial charge in [-0.05, 0) is 45.4 Å². The molecule has 7 nitrogen and oxygen atoms in total. The highest BCUT2D eigenvalue weighted by Gasteiger charge is 2.23. The number of aryl methyl sites for hydroxylation is 2. The topological polar surface area (TPSA) is 80.2 Å². The molecule has 2 atom stereocenters. The fourth-order valence-corrected chi connectivity index (χ4v) is 5.52. The summed E-state index contributed by atoms with van der Waals surface area (Å²) in [5, 5.41) is 4.82. The second-order valence-corrected chi connectivity index (χ2v) is 9.71. The predicted octanol–water partition coefficient (Wildman–Crippen LogP) is 4.05. The van der Waals surface area contributed by atoms with Crippen molar-refractivity contribution >= 4 is 50.7 Å². The second kappa shape index (κ2) is 8.87. The van der Waals surface area contributed by atoms with Gasteiger partial charge in [-0.3, -0.25) is 4.79 Å². The summed E-state index contributed by atoms with van der Waals surface area (Å²) in [5.41, 5.74) is 1.87. The van der Waals surface area contributed by atoms with E-state index >= 15 is 0 Å². The molecule has 0 aliphatic carbocycles. The maximum atomic E-state index is 12.5. The largest absolute Gasteiger partial charge is 0.372 e. The Balaban J connectivity index is 1.37. The zero-order valence-corrected chi connectivity index (χ0v) is 19.1. The number of ether oxygens (including phenoxy) is 1. The van der Waals surface area contributed by atoms with E-state index in [2.05, 4.69) is 52.9 Å². The highest BCUT2D eigenvalue weighted by Crippen LogP contribution is 2.34. The van der Waals surface area contributed by atoms with Crippen LogP contribution in [0.4, 0.5) is 11.5 Å². The van der Waals surface area contributed by atoms with Gasteiger partial charge in [0.2, 0.25) is 5.91 Å². The van der Waals surface area contributed by atoms with Crippen molar-refractivity contribution < 1.29 is 9.53 Å². The fourth-order valence-electron chi connectivity index (χ4n) is 3.60. The number of aromatic nitrogens is 3. The molecule has 3 aromatic rings. The van der Waals surface area contributed by atoms with Crippen LogP contribution >= 0.6 is 23.1 Å². The van der Waals surface area contributed by atoms with Crippen molar-refractivity contribution in [1.29, 1.82) is 0 Å². The first kappa shape index (κ1) is 21.0. The number of pyridine rings is 1. The number of nitrogens with zero attached hydrogens (tertiary/aromatic N) is 4. The van der Waals surface area contributed by atoms with E-state index < -0.39 is 0 Å². The van der Waals surface area contributed by atoms with Gasteiger partial charge in [-0.25, -0.2) is 15.0 Å². The zero-order valence-electron chi connectivity index (χ0n) is 17.5. The standard InChI is InChI=1S/C21H25N5O2S2/c1-12-8-26(9-13(2)28-12)17-6-5-16(7-22-17)25-18(27)10-29-20-19-14(3)15(4)30-21(19)24-11-23-20/h5-7,11-13H,8-10H2,1-4H3,(H,25,27). The molecule has 30 heavy (non-hydrogen) atoms. The van der Waals surface area contributed by atoms with Crippen LogP contribution in [0.2, 0.25) is 0 Å². The number of nitrogens with one attached hydrogen (secondary N) is 1. The van der Waals surface area contributed by atoms with E-state index in [4.69, 9.17) is 4.74 Å². The molecule has 1 N–H and O–H groups in total. The molecule has 1 aliphatic rings. The van der Waals surface area contributed by atoms with E-state index in [1.165, 1.54) is 22.2 Å². The molecule has 0 radical (unpaired) electrons. The van der Waals surface area contributed by atoms with Gasteiger partial charge in [-0.1, -0.05) is 11.8 Å². The maximum Gasteiger partial charge on any atom is 0.234 e. The lowest BCUT2D eigenvalue weighted by Gasteiger charge is -2.36. The number of thioether (sulfide) groups is 1. The lowest BCUT2D eigenvalue weighted by Crippen LogP contribution is -2.45. The van der Waals surface area contributed by atoms with Crippen molar-refractivity contribution in [3.05, 3.63) is 35.1 Å². The molecule has 158 valence electrons. The summed E-state index contributed by atoms with van der Waals surface area (Å²) in [7, 11) is 0. The Morgan fingerprint density at radius 1 is 1.23 bits per heavy atom. The fraction of sp³-hybridized carbons (Fsp3) is 0.429. The van der Waals surface area contributed by atoms with Crippen LogP contribution in [0.1, 0.15) is 24.3 Å². The number of fused-ring (bicyclic) bond motifs is 1. The van der Waals surface area contributed by atoms with Crippen LogP contribution in [0.3, 0.4) is 0 Å². The van der Waals surface area contributed by atoms with Crippen LogP contribution in [-0.2, 0) is 9.53 Å². The number of thiophene rings is 1. The van der Waals surface area contributed by atoms with Crippen LogP contribution in [0.15, 0.2) is 29.7 Å². The van der Waals surface area contributed by atoms with Gasteiger partial charge >= 0.3 is 0 Å². The van der Waals surface area contributed by atoms with Gasteiger partial charge in [0.15, 0.2) is 0 Å². The molecular formula is C21H25N5O2S2. The van der Waals surface area contributed by atoms with Crippen molar-refractivity contribution in [2.75, 3.05) is 29.1 Å². The molecule has 0 aromatic carbocycles. The molecule has 4 rings (SSSR count). The van der Waals surface area contributed by atoms with E-state index in [0.717, 1.165) is 34.1 Å². The summed E-state index contributed by atoms with van der Waals surface area (Å²) in [5.74, 6) is 1.09. The minimum atomic E-state index is -0.0838. The third-order valence-electron chi connectivity index (χ3n) is 5.05. The highest BCUT2D eigenvalue weighted by molar-refractivity contribution is 8.00. The van der Waals surface area contributed by atoms with E-state index in [-0.39, 0.29) is 23.9 Å². The third kappa shape index (κ3) is 4.58. The first-order chi connectivity index (χ1) is 14.4. The Morgan fingerprint density at radius 2 is 2.00 bits per heavy atom. The molecule has 0 spiro atoms. The molecule has 2 unspecified atom stereocenters. The van der Waals surface area contributed by atoms with Gasteiger partial charge in [-0.15, -0.1) is 11.3 Å². The Labute approximate surface area is 184 Å². The summed E-state index contributed by atoms with van der Waals surface area (Å²) in [6.07, 6.45) is 3.62. The molecule has 1 saturated heterocycles. The average Bonchev–Trinajstić information content (AvgIpc) is 3.00. The zero-order chi connectivity index (χ0) is 21.3. The smallest absolute Gasteiger partial charge is 0.234 e. The Morgan fingerprint density at radius 3 is 2.70 bits per heavy atom. The summed E-state index contributed by atoms with van der Waals surface area (Å²) < 4.78 is 5.78. The molecule has 1 aliphatic heterocycles. The molecule has 1 fully saturated rings. The van der Waals surface area contributed by atoms with Gasteiger partial charge in [0, 0.05) is 23.4 Å². The molecule has 3 aromatic heterocycles. The minimum Gasteiger partial charge on any atom is -0.372 e. The van der Waals surface area contributed by atoms with Crippen LogP contribution in [-0.4, -0.2) is 51.9 Å². The van der Waals surface area contributed by atoms with Gasteiger partial charge in [0.05, 0.1) is 29.8 Å². The normalized spacial score (nSPS) is 19.3.